The molecule has 22 heavy (non-hydrogen) atoms. The van der Waals surface area contributed by atoms with Crippen LogP contribution in [0.25, 0.3) is 10.9 Å². The van der Waals surface area contributed by atoms with E-state index in [-0.39, 0.29) is 5.56 Å². The zero-order valence-corrected chi connectivity index (χ0v) is 13.8. The van der Waals surface area contributed by atoms with Crippen molar-refractivity contribution in [3.63, 3.8) is 0 Å². The third kappa shape index (κ3) is 3.20. The van der Waals surface area contributed by atoms with Crippen LogP contribution in [0.4, 0.5) is 0 Å². The first-order valence-electron chi connectivity index (χ1n) is 7.25. The Morgan fingerprint density at radius 3 is 3.05 bits per heavy atom. The van der Waals surface area contributed by atoms with Crippen LogP contribution >= 0.6 is 22.9 Å². The van der Waals surface area contributed by atoms with Crippen LogP contribution in [0.2, 0.25) is 5.02 Å². The first-order valence-corrected chi connectivity index (χ1v) is 8.51. The summed E-state index contributed by atoms with van der Waals surface area (Å²) >= 11 is 7.62. The average molecular weight is 334 g/mol. The van der Waals surface area contributed by atoms with Crippen molar-refractivity contribution in [2.45, 2.75) is 32.7 Å². The lowest BCUT2D eigenvalue weighted by atomic mass is 10.2. The molecule has 6 heteroatoms. The summed E-state index contributed by atoms with van der Waals surface area (Å²) in [5.41, 5.74) is 1.48. The molecule has 0 amide bonds. The Hall–Kier alpha value is -1.72. The highest BCUT2D eigenvalue weighted by Crippen LogP contribution is 2.16. The fourth-order valence-corrected chi connectivity index (χ4v) is 3.29. The molecule has 0 N–H and O–H groups in total. The summed E-state index contributed by atoms with van der Waals surface area (Å²) in [6.45, 7) is 2.61. The maximum atomic E-state index is 12.5. The molecular formula is C16H16ClN3OS. The second-order valence-corrected chi connectivity index (χ2v) is 6.55. The molecule has 4 nitrogen and oxygen atoms in total. The number of rotatable bonds is 5. The van der Waals surface area contributed by atoms with Crippen LogP contribution < -0.4 is 5.56 Å². The van der Waals surface area contributed by atoms with E-state index in [9.17, 15) is 4.79 Å². The maximum Gasteiger partial charge on any atom is 0.261 e. The Morgan fingerprint density at radius 2 is 2.23 bits per heavy atom. The van der Waals surface area contributed by atoms with E-state index >= 15 is 0 Å². The number of aromatic nitrogens is 3. The highest BCUT2D eigenvalue weighted by molar-refractivity contribution is 7.09. The number of halogens is 1. The highest BCUT2D eigenvalue weighted by Gasteiger charge is 2.08. The molecule has 0 aliphatic heterocycles. The van der Waals surface area contributed by atoms with Crippen molar-refractivity contribution in [2.75, 3.05) is 0 Å². The standard InChI is InChI=1S/C16H16ClN3OS/c1-2-3-4-15-19-12(9-22-15)8-20-10-18-14-6-5-11(17)7-13(14)16(20)21/h5-7,9-10H,2-4,8H2,1H3. The van der Waals surface area contributed by atoms with Crippen LogP contribution in [-0.2, 0) is 13.0 Å². The van der Waals surface area contributed by atoms with E-state index in [1.807, 2.05) is 5.38 Å². The monoisotopic (exact) mass is 333 g/mol. The number of fused-ring (bicyclic) bond motifs is 1. The van der Waals surface area contributed by atoms with E-state index in [1.165, 1.54) is 0 Å². The lowest BCUT2D eigenvalue weighted by Gasteiger charge is -2.05. The van der Waals surface area contributed by atoms with Gasteiger partial charge in [0.25, 0.3) is 5.56 Å². The number of unbranched alkanes of at least 4 members (excludes halogenated alkanes) is 1. The van der Waals surface area contributed by atoms with Gasteiger partial charge in [0, 0.05) is 10.4 Å². The zero-order valence-electron chi connectivity index (χ0n) is 12.3. The van der Waals surface area contributed by atoms with E-state index in [1.54, 1.807) is 40.4 Å². The molecular weight excluding hydrogens is 318 g/mol. The van der Waals surface area contributed by atoms with Gasteiger partial charge < -0.3 is 0 Å². The maximum absolute atomic E-state index is 12.5. The molecule has 0 atom stereocenters. The van der Waals surface area contributed by atoms with Crippen LogP contribution in [0.3, 0.4) is 0 Å². The molecule has 0 aliphatic carbocycles. The second-order valence-electron chi connectivity index (χ2n) is 5.18. The zero-order chi connectivity index (χ0) is 15.5. The van der Waals surface area contributed by atoms with Gasteiger partial charge in [-0.15, -0.1) is 11.3 Å². The van der Waals surface area contributed by atoms with Gasteiger partial charge in [-0.2, -0.15) is 0 Å². The molecule has 1 aromatic carbocycles. The number of hydrogen-bond acceptors (Lipinski definition) is 4. The van der Waals surface area contributed by atoms with Crippen LogP contribution in [-0.4, -0.2) is 14.5 Å². The second kappa shape index (κ2) is 6.58. The lowest BCUT2D eigenvalue weighted by molar-refractivity contribution is 0.725. The van der Waals surface area contributed by atoms with Crippen LogP contribution in [0, 0.1) is 0 Å². The van der Waals surface area contributed by atoms with Crippen LogP contribution in [0.1, 0.15) is 30.5 Å². The van der Waals surface area contributed by atoms with E-state index < -0.39 is 0 Å². The van der Waals surface area contributed by atoms with Gasteiger partial charge in [-0.1, -0.05) is 24.9 Å². The van der Waals surface area contributed by atoms with Gasteiger partial charge in [-0.3, -0.25) is 9.36 Å². The molecule has 0 bridgehead atoms. The molecule has 114 valence electrons. The van der Waals surface area contributed by atoms with E-state index in [0.29, 0.717) is 22.5 Å². The van der Waals surface area contributed by atoms with Crippen molar-refractivity contribution in [3.8, 4) is 0 Å². The van der Waals surface area contributed by atoms with E-state index in [0.717, 1.165) is 30.0 Å². The van der Waals surface area contributed by atoms with Crippen molar-refractivity contribution in [1.82, 2.24) is 14.5 Å². The minimum absolute atomic E-state index is 0.0874. The summed E-state index contributed by atoms with van der Waals surface area (Å²) in [5.74, 6) is 0. The molecule has 2 heterocycles. The van der Waals surface area contributed by atoms with Gasteiger partial charge >= 0.3 is 0 Å². The fraction of sp³-hybridized carbons (Fsp3) is 0.312. The Labute approximate surface area is 137 Å². The highest BCUT2D eigenvalue weighted by atomic mass is 35.5. The molecule has 0 saturated heterocycles. The van der Waals surface area contributed by atoms with Crippen molar-refractivity contribution >= 4 is 33.8 Å². The minimum atomic E-state index is -0.0874. The fourth-order valence-electron chi connectivity index (χ4n) is 2.28. The number of benzene rings is 1. The van der Waals surface area contributed by atoms with Crippen molar-refractivity contribution in [3.05, 3.63) is 56.0 Å². The molecule has 3 rings (SSSR count). The number of aryl methyl sites for hydroxylation is 1. The molecule has 0 unspecified atom stereocenters. The molecule has 0 spiro atoms. The van der Waals surface area contributed by atoms with Crippen molar-refractivity contribution < 1.29 is 0 Å². The van der Waals surface area contributed by atoms with Crippen LogP contribution in [0.15, 0.2) is 34.7 Å². The first kappa shape index (κ1) is 15.2. The Morgan fingerprint density at radius 1 is 1.36 bits per heavy atom. The SMILES string of the molecule is CCCCc1nc(Cn2cnc3ccc(Cl)cc3c2=O)cs1. The van der Waals surface area contributed by atoms with Gasteiger partial charge in [0.05, 0.1) is 34.5 Å². The number of hydrogen-bond donors (Lipinski definition) is 0. The van der Waals surface area contributed by atoms with Gasteiger partial charge in [0.1, 0.15) is 0 Å². The molecule has 0 fully saturated rings. The largest absolute Gasteiger partial charge is 0.293 e. The van der Waals surface area contributed by atoms with E-state index in [2.05, 4.69) is 16.9 Å². The summed E-state index contributed by atoms with van der Waals surface area (Å²) in [6, 6.07) is 5.16. The Kier molecular flexibility index (Phi) is 4.55. The van der Waals surface area contributed by atoms with Crippen molar-refractivity contribution in [1.29, 1.82) is 0 Å². The summed E-state index contributed by atoms with van der Waals surface area (Å²) in [7, 11) is 0. The quantitative estimate of drug-likeness (QED) is 0.711. The Balaban J connectivity index is 1.89. The third-order valence-electron chi connectivity index (χ3n) is 3.46. The molecule has 0 aliphatic rings. The average Bonchev–Trinajstić information content (AvgIpc) is 2.96. The number of nitrogens with zero attached hydrogens (tertiary/aromatic N) is 3. The van der Waals surface area contributed by atoms with Gasteiger partial charge in [0.15, 0.2) is 0 Å². The van der Waals surface area contributed by atoms with Crippen LogP contribution in [0.5, 0.6) is 0 Å². The smallest absolute Gasteiger partial charge is 0.261 e. The normalized spacial score (nSPS) is 11.2. The van der Waals surface area contributed by atoms with Crippen molar-refractivity contribution in [2.24, 2.45) is 0 Å². The summed E-state index contributed by atoms with van der Waals surface area (Å²) in [4.78, 5) is 21.4. The molecule has 2 aromatic heterocycles. The van der Waals surface area contributed by atoms with Gasteiger partial charge in [-0.25, -0.2) is 9.97 Å². The Bertz CT molecular complexity index is 856. The summed E-state index contributed by atoms with van der Waals surface area (Å²) in [5, 5.41) is 4.22. The predicted octanol–water partition coefficient (Wildman–Crippen LogP) is 3.90. The lowest BCUT2D eigenvalue weighted by Crippen LogP contribution is -2.21. The molecule has 0 saturated carbocycles. The minimum Gasteiger partial charge on any atom is -0.293 e. The van der Waals surface area contributed by atoms with Gasteiger partial charge in [0.2, 0.25) is 0 Å². The predicted molar refractivity (Wildman–Crippen MR) is 90.8 cm³/mol. The third-order valence-corrected chi connectivity index (χ3v) is 4.65. The topological polar surface area (TPSA) is 47.8 Å². The molecule has 0 radical (unpaired) electrons. The summed E-state index contributed by atoms with van der Waals surface area (Å²) < 4.78 is 1.58. The van der Waals surface area contributed by atoms with E-state index in [4.69, 9.17) is 11.6 Å². The number of thiazole rings is 1. The molecule has 3 aromatic rings. The summed E-state index contributed by atoms with van der Waals surface area (Å²) in [6.07, 6.45) is 4.87. The first-order chi connectivity index (χ1) is 10.7. The van der Waals surface area contributed by atoms with Gasteiger partial charge in [-0.05, 0) is 31.0 Å².